The van der Waals surface area contributed by atoms with E-state index in [1.165, 1.54) is 37.3 Å². The largest absolute Gasteiger partial charge is 0.323 e. The van der Waals surface area contributed by atoms with Crippen LogP contribution in [0.15, 0.2) is 24.3 Å². The summed E-state index contributed by atoms with van der Waals surface area (Å²) in [6, 6.07) is 9.45. The maximum Gasteiger partial charge on any atom is 0.0465 e. The standard InChI is InChI=1S/C15H23N3/c1-2-12-4-3-5-13(10-12)15(16)14-11-17-6-8-18(14)9-7-17/h3-5,10,14-15H,2,6-9,11,16H2,1H3. The molecular weight excluding hydrogens is 222 g/mol. The normalized spacial score (nSPS) is 32.4. The second-order valence-electron chi connectivity index (χ2n) is 5.53. The van der Waals surface area contributed by atoms with Crippen LogP contribution in [-0.2, 0) is 6.42 Å². The summed E-state index contributed by atoms with van der Waals surface area (Å²) in [5.74, 6) is 0. The minimum Gasteiger partial charge on any atom is -0.323 e. The molecule has 1 aromatic rings. The van der Waals surface area contributed by atoms with Crippen molar-refractivity contribution in [2.75, 3.05) is 32.7 Å². The minimum absolute atomic E-state index is 0.152. The second kappa shape index (κ2) is 5.00. The van der Waals surface area contributed by atoms with Gasteiger partial charge >= 0.3 is 0 Å². The first-order chi connectivity index (χ1) is 8.78. The van der Waals surface area contributed by atoms with Crippen molar-refractivity contribution in [1.29, 1.82) is 0 Å². The predicted molar refractivity (Wildman–Crippen MR) is 74.5 cm³/mol. The molecule has 3 saturated heterocycles. The Morgan fingerprint density at radius 1 is 1.28 bits per heavy atom. The van der Waals surface area contributed by atoms with Crippen LogP contribution in [-0.4, -0.2) is 48.6 Å². The van der Waals surface area contributed by atoms with E-state index in [1.807, 2.05) is 0 Å². The van der Waals surface area contributed by atoms with Gasteiger partial charge in [0.15, 0.2) is 0 Å². The van der Waals surface area contributed by atoms with Crippen LogP contribution in [0.4, 0.5) is 0 Å². The summed E-state index contributed by atoms with van der Waals surface area (Å²) in [5.41, 5.74) is 9.20. The molecule has 4 rings (SSSR count). The topological polar surface area (TPSA) is 32.5 Å². The van der Waals surface area contributed by atoms with Crippen molar-refractivity contribution in [3.63, 3.8) is 0 Å². The van der Waals surface area contributed by atoms with Gasteiger partial charge in [-0.1, -0.05) is 31.2 Å². The van der Waals surface area contributed by atoms with Crippen LogP contribution in [0, 0.1) is 0 Å². The number of hydrogen-bond acceptors (Lipinski definition) is 3. The zero-order chi connectivity index (χ0) is 12.5. The molecule has 0 amide bonds. The number of hydrogen-bond donors (Lipinski definition) is 1. The average Bonchev–Trinajstić information content (AvgIpc) is 2.47. The van der Waals surface area contributed by atoms with Crippen molar-refractivity contribution >= 4 is 0 Å². The molecule has 3 nitrogen and oxygen atoms in total. The van der Waals surface area contributed by atoms with Gasteiger partial charge in [-0.25, -0.2) is 0 Å². The lowest BCUT2D eigenvalue weighted by molar-refractivity contribution is 0.00214. The maximum absolute atomic E-state index is 6.51. The van der Waals surface area contributed by atoms with Crippen molar-refractivity contribution in [2.45, 2.75) is 25.4 Å². The van der Waals surface area contributed by atoms with E-state index in [9.17, 15) is 0 Å². The average molecular weight is 245 g/mol. The van der Waals surface area contributed by atoms with Crippen LogP contribution < -0.4 is 5.73 Å². The molecule has 0 radical (unpaired) electrons. The van der Waals surface area contributed by atoms with E-state index in [1.54, 1.807) is 0 Å². The molecule has 0 aromatic heterocycles. The van der Waals surface area contributed by atoms with Crippen LogP contribution in [0.5, 0.6) is 0 Å². The van der Waals surface area contributed by atoms with Crippen molar-refractivity contribution in [1.82, 2.24) is 9.80 Å². The van der Waals surface area contributed by atoms with E-state index < -0.39 is 0 Å². The van der Waals surface area contributed by atoms with Crippen LogP contribution in [0.3, 0.4) is 0 Å². The summed E-state index contributed by atoms with van der Waals surface area (Å²) in [5, 5.41) is 0. The summed E-state index contributed by atoms with van der Waals surface area (Å²) in [6.45, 7) is 8.15. The Kier molecular flexibility index (Phi) is 3.37. The van der Waals surface area contributed by atoms with Gasteiger partial charge in [-0.15, -0.1) is 0 Å². The lowest BCUT2D eigenvalue weighted by atomic mass is 9.93. The Balaban J connectivity index is 1.79. The fourth-order valence-electron chi connectivity index (χ4n) is 3.24. The van der Waals surface area contributed by atoms with Gasteiger partial charge < -0.3 is 5.73 Å². The van der Waals surface area contributed by atoms with Crippen LogP contribution in [0.2, 0.25) is 0 Å². The van der Waals surface area contributed by atoms with E-state index in [0.717, 1.165) is 13.0 Å². The molecule has 3 aliphatic heterocycles. The lowest BCUT2D eigenvalue weighted by Gasteiger charge is -2.49. The first kappa shape index (κ1) is 12.2. The second-order valence-corrected chi connectivity index (χ2v) is 5.53. The van der Waals surface area contributed by atoms with Crippen LogP contribution in [0.1, 0.15) is 24.1 Å². The third kappa shape index (κ3) is 2.18. The smallest absolute Gasteiger partial charge is 0.0465 e. The first-order valence-electron chi connectivity index (χ1n) is 7.08. The summed E-state index contributed by atoms with van der Waals surface area (Å²) < 4.78 is 0. The zero-order valence-electron chi connectivity index (χ0n) is 11.2. The van der Waals surface area contributed by atoms with Crippen molar-refractivity contribution in [3.05, 3.63) is 35.4 Å². The van der Waals surface area contributed by atoms with Crippen molar-refractivity contribution in [2.24, 2.45) is 5.73 Å². The molecule has 3 aliphatic rings. The first-order valence-corrected chi connectivity index (χ1v) is 7.08. The molecule has 3 heteroatoms. The molecule has 1 aromatic carbocycles. The van der Waals surface area contributed by atoms with Crippen LogP contribution >= 0.6 is 0 Å². The van der Waals surface area contributed by atoms with Crippen LogP contribution in [0.25, 0.3) is 0 Å². The number of piperazine rings is 3. The summed E-state index contributed by atoms with van der Waals surface area (Å²) in [7, 11) is 0. The van der Waals surface area contributed by atoms with E-state index in [0.29, 0.717) is 6.04 Å². The molecule has 2 bridgehead atoms. The van der Waals surface area contributed by atoms with Gasteiger partial charge in [-0.3, -0.25) is 9.80 Å². The molecule has 98 valence electrons. The molecule has 3 fully saturated rings. The number of aryl methyl sites for hydroxylation is 1. The highest BCUT2D eigenvalue weighted by Gasteiger charge is 2.35. The zero-order valence-corrected chi connectivity index (χ0v) is 11.2. The predicted octanol–water partition coefficient (Wildman–Crippen LogP) is 1.25. The van der Waals surface area contributed by atoms with E-state index in [4.69, 9.17) is 5.73 Å². The SMILES string of the molecule is CCc1cccc(C(N)C2CN3CCN2CC3)c1. The molecule has 0 spiro atoms. The Hall–Kier alpha value is -0.900. The Bertz CT molecular complexity index is 410. The van der Waals surface area contributed by atoms with Gasteiger partial charge in [0.1, 0.15) is 0 Å². The van der Waals surface area contributed by atoms with Gasteiger partial charge in [0, 0.05) is 44.8 Å². The summed E-state index contributed by atoms with van der Waals surface area (Å²) >= 11 is 0. The summed E-state index contributed by atoms with van der Waals surface area (Å²) in [4.78, 5) is 5.12. The van der Waals surface area contributed by atoms with Gasteiger partial charge in [0.05, 0.1) is 0 Å². The number of nitrogens with zero attached hydrogens (tertiary/aromatic N) is 2. The van der Waals surface area contributed by atoms with Gasteiger partial charge in [0.25, 0.3) is 0 Å². The fraction of sp³-hybridized carbons (Fsp3) is 0.600. The van der Waals surface area contributed by atoms with Gasteiger partial charge in [-0.05, 0) is 17.5 Å². The highest BCUT2D eigenvalue weighted by atomic mass is 15.3. The number of rotatable bonds is 3. The molecule has 3 heterocycles. The molecule has 2 atom stereocenters. The highest BCUT2D eigenvalue weighted by Crippen LogP contribution is 2.26. The van der Waals surface area contributed by atoms with E-state index >= 15 is 0 Å². The van der Waals surface area contributed by atoms with Gasteiger partial charge in [0.2, 0.25) is 0 Å². The molecule has 2 N–H and O–H groups in total. The molecule has 18 heavy (non-hydrogen) atoms. The van der Waals surface area contributed by atoms with Crippen molar-refractivity contribution < 1.29 is 0 Å². The third-order valence-electron chi connectivity index (χ3n) is 4.48. The minimum atomic E-state index is 0.152. The Morgan fingerprint density at radius 2 is 2.06 bits per heavy atom. The number of nitrogens with two attached hydrogens (primary N) is 1. The third-order valence-corrected chi connectivity index (χ3v) is 4.48. The lowest BCUT2D eigenvalue weighted by Crippen LogP contribution is -2.63. The Morgan fingerprint density at radius 3 is 2.67 bits per heavy atom. The maximum atomic E-state index is 6.51. The Labute approximate surface area is 110 Å². The van der Waals surface area contributed by atoms with E-state index in [-0.39, 0.29) is 6.04 Å². The van der Waals surface area contributed by atoms with Crippen molar-refractivity contribution in [3.8, 4) is 0 Å². The number of benzene rings is 1. The summed E-state index contributed by atoms with van der Waals surface area (Å²) in [6.07, 6.45) is 1.08. The quantitative estimate of drug-likeness (QED) is 0.870. The molecular formula is C15H23N3. The monoisotopic (exact) mass is 245 g/mol. The van der Waals surface area contributed by atoms with E-state index in [2.05, 4.69) is 41.0 Å². The highest BCUT2D eigenvalue weighted by molar-refractivity contribution is 5.27. The molecule has 0 saturated carbocycles. The van der Waals surface area contributed by atoms with Gasteiger partial charge in [-0.2, -0.15) is 0 Å². The molecule has 2 unspecified atom stereocenters. The number of fused-ring (bicyclic) bond motifs is 3. The fourth-order valence-corrected chi connectivity index (χ4v) is 3.24. The molecule has 0 aliphatic carbocycles.